The number of halogens is 2. The molecule has 1 amide bonds. The maximum absolute atomic E-state index is 15.5. The smallest absolute Gasteiger partial charge is 0.280 e. The van der Waals surface area contributed by atoms with Crippen molar-refractivity contribution in [3.05, 3.63) is 117 Å². The Bertz CT molecular complexity index is 1950. The van der Waals surface area contributed by atoms with E-state index in [4.69, 9.17) is 5.73 Å². The second-order valence-electron chi connectivity index (χ2n) is 11.0. The van der Waals surface area contributed by atoms with Gasteiger partial charge in [0.05, 0.1) is 17.3 Å². The van der Waals surface area contributed by atoms with Crippen molar-refractivity contribution in [3.8, 4) is 34.2 Å². The Hall–Kier alpha value is -5.12. The molecule has 1 fully saturated rings. The lowest BCUT2D eigenvalue weighted by atomic mass is 9.96. The molecule has 1 aliphatic rings. The van der Waals surface area contributed by atoms with Crippen LogP contribution in [0.15, 0.2) is 71.7 Å². The molecule has 6 rings (SSSR count). The van der Waals surface area contributed by atoms with E-state index in [1.807, 2.05) is 42.9 Å². The summed E-state index contributed by atoms with van der Waals surface area (Å²) >= 11 is 0. The van der Waals surface area contributed by atoms with E-state index in [1.165, 1.54) is 18.2 Å². The molecule has 2 aromatic heterocycles. The van der Waals surface area contributed by atoms with E-state index in [2.05, 4.69) is 10.1 Å². The van der Waals surface area contributed by atoms with Crippen LogP contribution >= 0.6 is 0 Å². The van der Waals surface area contributed by atoms with Gasteiger partial charge in [0.15, 0.2) is 5.82 Å². The van der Waals surface area contributed by atoms with Crippen molar-refractivity contribution in [1.82, 2.24) is 19.3 Å². The Morgan fingerprint density at radius 1 is 1.00 bits per heavy atom. The summed E-state index contributed by atoms with van der Waals surface area (Å²) in [4.78, 5) is 29.9. The topological polar surface area (TPSA) is 116 Å². The molecule has 3 N–H and O–H groups in total. The van der Waals surface area contributed by atoms with Crippen LogP contribution in [0.4, 0.5) is 8.78 Å². The molecular weight excluding hydrogens is 564 g/mol. The van der Waals surface area contributed by atoms with Crippen LogP contribution in [-0.2, 0) is 19.3 Å². The van der Waals surface area contributed by atoms with Gasteiger partial charge < -0.3 is 10.8 Å². The molecule has 0 spiro atoms. The number of nitrogens with two attached hydrogens (primary N) is 1. The van der Waals surface area contributed by atoms with Crippen LogP contribution in [0, 0.1) is 11.6 Å². The van der Waals surface area contributed by atoms with Gasteiger partial charge in [-0.05, 0) is 72.2 Å². The summed E-state index contributed by atoms with van der Waals surface area (Å²) in [6.07, 6.45) is 5.14. The van der Waals surface area contributed by atoms with Crippen molar-refractivity contribution in [2.75, 3.05) is 0 Å². The van der Waals surface area contributed by atoms with Crippen LogP contribution in [-0.4, -0.2) is 30.3 Å². The zero-order valence-corrected chi connectivity index (χ0v) is 24.3. The average molecular weight is 596 g/mol. The second kappa shape index (κ2) is 11.5. The van der Waals surface area contributed by atoms with Crippen LogP contribution < -0.4 is 11.3 Å². The molecule has 0 bridgehead atoms. The summed E-state index contributed by atoms with van der Waals surface area (Å²) in [5, 5.41) is 16.5. The number of benzene rings is 3. The average Bonchev–Trinajstić information content (AvgIpc) is 3.75. The van der Waals surface area contributed by atoms with Gasteiger partial charge in [-0.1, -0.05) is 50.2 Å². The Kier molecular flexibility index (Phi) is 7.59. The minimum atomic E-state index is -0.889. The minimum absolute atomic E-state index is 0.00454. The maximum Gasteiger partial charge on any atom is 0.280 e. The first-order valence-corrected chi connectivity index (χ1v) is 14.6. The van der Waals surface area contributed by atoms with Gasteiger partial charge in [0.1, 0.15) is 17.3 Å². The van der Waals surface area contributed by atoms with Gasteiger partial charge >= 0.3 is 0 Å². The highest BCUT2D eigenvalue weighted by atomic mass is 19.1. The van der Waals surface area contributed by atoms with E-state index in [1.54, 1.807) is 16.7 Å². The van der Waals surface area contributed by atoms with Crippen molar-refractivity contribution < 1.29 is 18.7 Å². The fourth-order valence-corrected chi connectivity index (χ4v) is 5.63. The number of amides is 1. The van der Waals surface area contributed by atoms with Crippen molar-refractivity contribution >= 4 is 5.91 Å². The first-order valence-electron chi connectivity index (χ1n) is 14.6. The Morgan fingerprint density at radius 2 is 1.70 bits per heavy atom. The number of primary amides is 1. The van der Waals surface area contributed by atoms with E-state index in [9.17, 15) is 19.1 Å². The number of nitrogens with zero attached hydrogens (tertiary/aromatic N) is 4. The van der Waals surface area contributed by atoms with Gasteiger partial charge in [-0.3, -0.25) is 18.8 Å². The Morgan fingerprint density at radius 3 is 2.34 bits per heavy atom. The second-order valence-corrected chi connectivity index (χ2v) is 11.0. The number of rotatable bonds is 9. The molecule has 1 aliphatic carbocycles. The fraction of sp³-hybridized carbons (Fsp3) is 0.235. The zero-order chi connectivity index (χ0) is 31.1. The third kappa shape index (κ3) is 5.27. The fourth-order valence-electron chi connectivity index (χ4n) is 5.63. The summed E-state index contributed by atoms with van der Waals surface area (Å²) < 4.78 is 32.7. The van der Waals surface area contributed by atoms with Gasteiger partial charge in [-0.2, -0.15) is 10.1 Å². The number of aromatic nitrogens is 4. The normalized spacial score (nSPS) is 12.9. The zero-order valence-electron chi connectivity index (χ0n) is 24.3. The lowest BCUT2D eigenvalue weighted by Crippen LogP contribution is -2.21. The highest BCUT2D eigenvalue weighted by Crippen LogP contribution is 2.37. The quantitative estimate of drug-likeness (QED) is 0.220. The van der Waals surface area contributed by atoms with E-state index < -0.39 is 23.1 Å². The molecule has 0 saturated heterocycles. The highest BCUT2D eigenvalue weighted by Gasteiger charge is 2.27. The number of carbonyl (C=O) groups excluding carboxylic acids is 1. The third-order valence-electron chi connectivity index (χ3n) is 8.06. The molecule has 10 heteroatoms. The lowest BCUT2D eigenvalue weighted by molar-refractivity contribution is 0.100. The van der Waals surface area contributed by atoms with Crippen molar-refractivity contribution in [2.45, 2.75) is 52.0 Å². The van der Waals surface area contributed by atoms with Crippen molar-refractivity contribution in [3.63, 3.8) is 0 Å². The number of aryl methyl sites for hydroxylation is 2. The largest absolute Gasteiger partial charge is 0.494 e. The predicted molar refractivity (Wildman–Crippen MR) is 163 cm³/mol. The molecule has 5 aromatic rings. The molecule has 0 radical (unpaired) electrons. The molecule has 0 aliphatic heterocycles. The van der Waals surface area contributed by atoms with Gasteiger partial charge in [0.25, 0.3) is 5.56 Å². The number of carbonyl (C=O) groups is 1. The van der Waals surface area contributed by atoms with Crippen LogP contribution in [0.25, 0.3) is 28.3 Å². The SMILES string of the molecule is CCc1cccc(CC)c1-n1c(-c2ccn(C3CC3)n2)nc(=O)c(Cc2ccc(-c3ccc(F)cc3C(N)=O)c(F)c2)c1O. The first-order chi connectivity index (χ1) is 21.2. The summed E-state index contributed by atoms with van der Waals surface area (Å²) in [6, 6.07) is 15.6. The molecular formula is C34H31F2N5O3. The first kappa shape index (κ1) is 29.0. The molecule has 0 unspecified atom stereocenters. The Balaban J connectivity index is 1.48. The van der Waals surface area contributed by atoms with Crippen molar-refractivity contribution in [1.29, 1.82) is 0 Å². The number of para-hydroxylation sites is 1. The van der Waals surface area contributed by atoms with Crippen LogP contribution in [0.3, 0.4) is 0 Å². The minimum Gasteiger partial charge on any atom is -0.494 e. The molecule has 8 nitrogen and oxygen atoms in total. The summed E-state index contributed by atoms with van der Waals surface area (Å²) in [5.74, 6) is -2.33. The van der Waals surface area contributed by atoms with Crippen LogP contribution in [0.5, 0.6) is 5.88 Å². The maximum atomic E-state index is 15.5. The van der Waals surface area contributed by atoms with E-state index in [0.29, 0.717) is 30.1 Å². The molecule has 1 saturated carbocycles. The van der Waals surface area contributed by atoms with Gasteiger partial charge in [0.2, 0.25) is 11.8 Å². The number of aromatic hydroxyl groups is 1. The lowest BCUT2D eigenvalue weighted by Gasteiger charge is -2.21. The highest BCUT2D eigenvalue weighted by molar-refractivity contribution is 5.99. The summed E-state index contributed by atoms with van der Waals surface area (Å²) in [5.41, 5.74) is 8.29. The van der Waals surface area contributed by atoms with E-state index in [0.717, 1.165) is 41.8 Å². The number of hydrogen-bond acceptors (Lipinski definition) is 5. The molecule has 44 heavy (non-hydrogen) atoms. The van der Waals surface area contributed by atoms with Gasteiger partial charge in [0, 0.05) is 23.7 Å². The third-order valence-corrected chi connectivity index (χ3v) is 8.06. The standard InChI is InChI=1S/C34H31F2N5O3/c1-3-20-6-5-7-21(4-2)30(20)41-32(29-14-15-40(39-29)23-10-11-23)38-33(43)27(34(41)44)16-19-8-12-25(28(36)17-19)24-13-9-22(35)18-26(24)31(37)42/h5-9,12-15,17-18,23,44H,3-4,10-11,16H2,1-2H3,(H2,37,42). The van der Waals surface area contributed by atoms with Gasteiger partial charge in [-0.15, -0.1) is 0 Å². The van der Waals surface area contributed by atoms with E-state index in [-0.39, 0.29) is 40.4 Å². The summed E-state index contributed by atoms with van der Waals surface area (Å²) in [7, 11) is 0. The monoisotopic (exact) mass is 595 g/mol. The van der Waals surface area contributed by atoms with Crippen LogP contribution in [0.1, 0.15) is 65.3 Å². The molecule has 3 aromatic carbocycles. The van der Waals surface area contributed by atoms with E-state index >= 15 is 4.39 Å². The Labute approximate surface area is 252 Å². The van der Waals surface area contributed by atoms with Crippen molar-refractivity contribution in [2.24, 2.45) is 5.73 Å². The molecule has 0 atom stereocenters. The number of hydrogen-bond donors (Lipinski definition) is 2. The summed E-state index contributed by atoms with van der Waals surface area (Å²) in [6.45, 7) is 4.03. The molecule has 224 valence electrons. The van der Waals surface area contributed by atoms with Crippen LogP contribution in [0.2, 0.25) is 0 Å². The predicted octanol–water partition coefficient (Wildman–Crippen LogP) is 5.90. The van der Waals surface area contributed by atoms with Gasteiger partial charge in [-0.25, -0.2) is 8.78 Å². The molecule has 2 heterocycles.